The summed E-state index contributed by atoms with van der Waals surface area (Å²) in [5, 5.41) is 0.696. The zero-order valence-electron chi connectivity index (χ0n) is 6.61. The van der Waals surface area contributed by atoms with Crippen LogP contribution in [-0.4, -0.2) is 15.0 Å². The van der Waals surface area contributed by atoms with Crippen LogP contribution in [0.1, 0.15) is 0 Å². The third-order valence-corrected chi connectivity index (χ3v) is 1.81. The topological polar surface area (TPSA) is 38.7 Å². The van der Waals surface area contributed by atoms with E-state index in [4.69, 9.17) is 11.6 Å². The van der Waals surface area contributed by atoms with Gasteiger partial charge in [-0.2, -0.15) is 0 Å². The average Bonchev–Trinajstić information content (AvgIpc) is 2.20. The summed E-state index contributed by atoms with van der Waals surface area (Å²) in [4.78, 5) is 11.5. The molecule has 0 atom stereocenters. The molecule has 0 aliphatic rings. The zero-order valence-corrected chi connectivity index (χ0v) is 7.36. The molecule has 0 bridgehead atoms. The Kier molecular flexibility index (Phi) is 2.19. The van der Waals surface area contributed by atoms with Crippen molar-refractivity contribution in [2.45, 2.75) is 0 Å². The van der Waals surface area contributed by atoms with Crippen LogP contribution < -0.4 is 0 Å². The maximum absolute atomic E-state index is 5.74. The number of hydrogen-bond donors (Lipinski definition) is 0. The molecule has 3 nitrogen and oxygen atoms in total. The highest BCUT2D eigenvalue weighted by molar-refractivity contribution is 6.30. The molecule has 1 aromatic heterocycles. The van der Waals surface area contributed by atoms with E-state index in [1.165, 1.54) is 6.33 Å². The van der Waals surface area contributed by atoms with Crippen molar-refractivity contribution >= 4 is 11.6 Å². The molecule has 63 valence electrons. The molecule has 2 rings (SSSR count). The molecule has 0 fully saturated rings. The highest BCUT2D eigenvalue weighted by atomic mass is 35.5. The quantitative estimate of drug-likeness (QED) is 0.691. The summed E-state index contributed by atoms with van der Waals surface area (Å²) in [5.41, 5.74) is 0.906. The molecule has 0 aliphatic carbocycles. The van der Waals surface area contributed by atoms with Crippen LogP contribution in [0.4, 0.5) is 0 Å². The maximum Gasteiger partial charge on any atom is 0.201 e. The highest BCUT2D eigenvalue weighted by Crippen LogP contribution is 2.16. The average molecular weight is 191 g/mol. The zero-order chi connectivity index (χ0) is 9.10. The van der Waals surface area contributed by atoms with Gasteiger partial charge in [-0.3, -0.25) is 0 Å². The van der Waals surface area contributed by atoms with Crippen LogP contribution in [0, 0.1) is 6.33 Å². The minimum atomic E-state index is 0.603. The fraction of sp³-hybridized carbons (Fsp3) is 0. The van der Waals surface area contributed by atoms with Gasteiger partial charge in [0.05, 0.1) is 0 Å². The SMILES string of the molecule is Clc1ccc(-c2n[c]ncn2)cc1. The Bertz CT molecular complexity index is 385. The number of halogens is 1. The lowest BCUT2D eigenvalue weighted by molar-refractivity contribution is 1.04. The summed E-state index contributed by atoms with van der Waals surface area (Å²) < 4.78 is 0. The number of rotatable bonds is 1. The predicted molar refractivity (Wildman–Crippen MR) is 49.1 cm³/mol. The predicted octanol–water partition coefficient (Wildman–Crippen LogP) is 1.99. The monoisotopic (exact) mass is 190 g/mol. The van der Waals surface area contributed by atoms with Crippen molar-refractivity contribution in [3.63, 3.8) is 0 Å². The molecule has 1 heterocycles. The molecular formula is C9H5ClN3. The third kappa shape index (κ3) is 1.81. The van der Waals surface area contributed by atoms with Gasteiger partial charge in [-0.15, -0.1) is 0 Å². The van der Waals surface area contributed by atoms with Gasteiger partial charge in [-0.25, -0.2) is 15.0 Å². The van der Waals surface area contributed by atoms with Crippen molar-refractivity contribution in [2.75, 3.05) is 0 Å². The second kappa shape index (κ2) is 3.49. The molecule has 0 unspecified atom stereocenters. The fourth-order valence-electron chi connectivity index (χ4n) is 0.953. The molecule has 0 N–H and O–H groups in total. The van der Waals surface area contributed by atoms with Gasteiger partial charge in [0.1, 0.15) is 6.33 Å². The number of hydrogen-bond acceptors (Lipinski definition) is 3. The minimum Gasteiger partial charge on any atom is -0.217 e. The van der Waals surface area contributed by atoms with Crippen LogP contribution in [0.25, 0.3) is 11.4 Å². The molecule has 0 saturated heterocycles. The first-order valence-corrected chi connectivity index (χ1v) is 4.05. The van der Waals surface area contributed by atoms with Crippen molar-refractivity contribution in [3.8, 4) is 11.4 Å². The smallest absolute Gasteiger partial charge is 0.201 e. The molecule has 4 heteroatoms. The van der Waals surface area contributed by atoms with E-state index in [1.54, 1.807) is 12.1 Å². The maximum atomic E-state index is 5.74. The summed E-state index contributed by atoms with van der Waals surface area (Å²) in [6, 6.07) is 7.29. The van der Waals surface area contributed by atoms with E-state index >= 15 is 0 Å². The molecular weight excluding hydrogens is 186 g/mol. The van der Waals surface area contributed by atoms with Crippen molar-refractivity contribution in [1.29, 1.82) is 0 Å². The number of nitrogens with zero attached hydrogens (tertiary/aromatic N) is 3. The molecule has 0 spiro atoms. The first-order valence-electron chi connectivity index (χ1n) is 3.67. The van der Waals surface area contributed by atoms with Crippen molar-refractivity contribution in [2.24, 2.45) is 0 Å². The van der Waals surface area contributed by atoms with Crippen molar-refractivity contribution < 1.29 is 0 Å². The Hall–Kier alpha value is -1.48. The molecule has 1 radical (unpaired) electrons. The van der Waals surface area contributed by atoms with Gasteiger partial charge < -0.3 is 0 Å². The molecule has 1 aromatic carbocycles. The standard InChI is InChI=1S/C9H5ClN3/c10-8-3-1-7(2-4-8)9-12-5-11-6-13-9/h1-5H. The Labute approximate surface area is 80.5 Å². The highest BCUT2D eigenvalue weighted by Gasteiger charge is 1.98. The largest absolute Gasteiger partial charge is 0.217 e. The fourth-order valence-corrected chi connectivity index (χ4v) is 1.08. The van der Waals surface area contributed by atoms with Crippen molar-refractivity contribution in [3.05, 3.63) is 41.9 Å². The van der Waals surface area contributed by atoms with E-state index in [2.05, 4.69) is 21.3 Å². The third-order valence-electron chi connectivity index (χ3n) is 1.55. The Morgan fingerprint density at radius 2 is 1.92 bits per heavy atom. The second-order valence-corrected chi connectivity index (χ2v) is 2.85. The minimum absolute atomic E-state index is 0.603. The summed E-state index contributed by atoms with van der Waals surface area (Å²) >= 11 is 5.74. The van der Waals surface area contributed by atoms with Gasteiger partial charge in [-0.1, -0.05) is 11.6 Å². The second-order valence-electron chi connectivity index (χ2n) is 2.42. The summed E-state index contributed by atoms with van der Waals surface area (Å²) in [6.45, 7) is 0. The van der Waals surface area contributed by atoms with E-state index in [0.717, 1.165) is 5.56 Å². The van der Waals surface area contributed by atoms with Gasteiger partial charge in [0.15, 0.2) is 5.82 Å². The van der Waals surface area contributed by atoms with Crippen LogP contribution in [0.2, 0.25) is 5.02 Å². The van der Waals surface area contributed by atoms with E-state index in [0.29, 0.717) is 10.8 Å². The molecule has 0 aliphatic heterocycles. The van der Waals surface area contributed by atoms with Gasteiger partial charge in [0.2, 0.25) is 6.33 Å². The number of aromatic nitrogens is 3. The number of benzene rings is 1. The van der Waals surface area contributed by atoms with Crippen LogP contribution in [0.3, 0.4) is 0 Å². The van der Waals surface area contributed by atoms with Crippen LogP contribution in [0.15, 0.2) is 30.6 Å². The molecule has 0 saturated carbocycles. The Balaban J connectivity index is 2.42. The lowest BCUT2D eigenvalue weighted by atomic mass is 10.2. The van der Waals surface area contributed by atoms with Gasteiger partial charge in [-0.05, 0) is 24.3 Å². The lowest BCUT2D eigenvalue weighted by Gasteiger charge is -1.96. The summed E-state index contributed by atoms with van der Waals surface area (Å²) in [5.74, 6) is 0.603. The van der Waals surface area contributed by atoms with Gasteiger partial charge in [0, 0.05) is 10.6 Å². The van der Waals surface area contributed by atoms with E-state index in [-0.39, 0.29) is 0 Å². The summed E-state index contributed by atoms with van der Waals surface area (Å²) in [7, 11) is 0. The lowest BCUT2D eigenvalue weighted by Crippen LogP contribution is -1.88. The van der Waals surface area contributed by atoms with Gasteiger partial charge >= 0.3 is 0 Å². The first-order chi connectivity index (χ1) is 6.36. The van der Waals surface area contributed by atoms with E-state index in [1.807, 2.05) is 12.1 Å². The molecule has 0 amide bonds. The summed E-state index contributed by atoms with van der Waals surface area (Å²) in [6.07, 6.45) is 3.89. The molecule has 13 heavy (non-hydrogen) atoms. The van der Waals surface area contributed by atoms with Gasteiger partial charge in [0.25, 0.3) is 0 Å². The van der Waals surface area contributed by atoms with Crippen LogP contribution >= 0.6 is 11.6 Å². The van der Waals surface area contributed by atoms with E-state index in [9.17, 15) is 0 Å². The molecule has 2 aromatic rings. The van der Waals surface area contributed by atoms with Crippen LogP contribution in [0.5, 0.6) is 0 Å². The van der Waals surface area contributed by atoms with E-state index < -0.39 is 0 Å². The Morgan fingerprint density at radius 3 is 2.54 bits per heavy atom. The Morgan fingerprint density at radius 1 is 1.15 bits per heavy atom. The van der Waals surface area contributed by atoms with Crippen LogP contribution in [-0.2, 0) is 0 Å². The first kappa shape index (κ1) is 8.13. The van der Waals surface area contributed by atoms with Crippen molar-refractivity contribution in [1.82, 2.24) is 15.0 Å². The normalized spacial score (nSPS) is 9.92.